The average molecular weight is 617 g/mol. The Balaban J connectivity index is 0.00000384. The highest BCUT2D eigenvalue weighted by atomic mass is 35.5. The van der Waals surface area contributed by atoms with E-state index >= 15 is 0 Å². The van der Waals surface area contributed by atoms with Gasteiger partial charge < -0.3 is 16.8 Å². The quantitative estimate of drug-likeness (QED) is 0.196. The Kier molecular flexibility index (Phi) is 9.81. The Morgan fingerprint density at radius 2 is 1.68 bits per heavy atom. The molecule has 2 saturated carbocycles. The lowest BCUT2D eigenvalue weighted by Gasteiger charge is -2.35. The number of aromatic amines is 1. The Hall–Kier alpha value is -4.42. The lowest BCUT2D eigenvalue weighted by atomic mass is 9.81. The fraction of sp³-hybridized carbons (Fsp3) is 0.387. The van der Waals surface area contributed by atoms with Gasteiger partial charge in [0.15, 0.2) is 5.82 Å². The topological polar surface area (TPSA) is 182 Å². The van der Waals surface area contributed by atoms with Crippen LogP contribution in [0.1, 0.15) is 44.1 Å². The molecule has 0 aliphatic heterocycles. The van der Waals surface area contributed by atoms with E-state index in [-0.39, 0.29) is 30.7 Å². The lowest BCUT2D eigenvalue weighted by Crippen LogP contribution is -2.52. The molecule has 0 saturated heterocycles. The van der Waals surface area contributed by atoms with Crippen molar-refractivity contribution in [2.24, 2.45) is 23.3 Å². The number of rotatable bonds is 11. The van der Waals surface area contributed by atoms with Crippen LogP contribution in [0.2, 0.25) is 0 Å². The number of carbonyl (C=O) groups is 2. The van der Waals surface area contributed by atoms with Gasteiger partial charge in [0.1, 0.15) is 6.04 Å². The third-order valence-electron chi connectivity index (χ3n) is 8.42. The number of H-pyrrole nitrogens is 1. The van der Waals surface area contributed by atoms with E-state index in [4.69, 9.17) is 11.5 Å². The molecule has 0 spiro atoms. The van der Waals surface area contributed by atoms with Crippen molar-refractivity contribution in [3.63, 3.8) is 0 Å². The van der Waals surface area contributed by atoms with Crippen LogP contribution in [0.25, 0.3) is 22.5 Å². The molecular weight excluding hydrogens is 580 g/mol. The number of nitrogens with zero attached hydrogens (tertiary/aromatic N) is 6. The Morgan fingerprint density at radius 3 is 2.30 bits per heavy atom. The Labute approximate surface area is 261 Å². The van der Waals surface area contributed by atoms with Gasteiger partial charge in [0.25, 0.3) is 0 Å². The molecule has 13 heteroatoms. The second-order valence-corrected chi connectivity index (χ2v) is 11.5. The van der Waals surface area contributed by atoms with Gasteiger partial charge >= 0.3 is 0 Å². The molecule has 2 aromatic heterocycles. The summed E-state index contributed by atoms with van der Waals surface area (Å²) in [7, 11) is 0. The number of amides is 2. The van der Waals surface area contributed by atoms with Gasteiger partial charge in [0.05, 0.1) is 0 Å². The molecule has 2 aliphatic rings. The normalized spacial score (nSPS) is 18.6. The summed E-state index contributed by atoms with van der Waals surface area (Å²) >= 11 is 0. The van der Waals surface area contributed by atoms with Gasteiger partial charge in [-0.25, -0.2) is 15.1 Å². The maximum atomic E-state index is 14.2. The molecule has 44 heavy (non-hydrogen) atoms. The second-order valence-electron chi connectivity index (χ2n) is 11.5. The summed E-state index contributed by atoms with van der Waals surface area (Å²) in [5.74, 6) is 0.663. The smallest absolute Gasteiger partial charge is 0.240 e. The molecule has 0 radical (unpaired) electrons. The first kappa shape index (κ1) is 31.0. The molecule has 230 valence electrons. The summed E-state index contributed by atoms with van der Waals surface area (Å²) in [6.07, 6.45) is 9.36. The highest BCUT2D eigenvalue weighted by Gasteiger charge is 2.36. The first-order chi connectivity index (χ1) is 21.0. The number of carbonyl (C=O) groups excluding carboxylic acids is 2. The van der Waals surface area contributed by atoms with Gasteiger partial charge in [-0.3, -0.25) is 14.5 Å². The number of benzene rings is 2. The van der Waals surface area contributed by atoms with Crippen molar-refractivity contribution in [1.29, 1.82) is 0 Å². The molecule has 1 atom stereocenters. The van der Waals surface area contributed by atoms with Crippen LogP contribution in [0.5, 0.6) is 0 Å². The number of hydrogen-bond acceptors (Lipinski definition) is 9. The van der Waals surface area contributed by atoms with Gasteiger partial charge in [0, 0.05) is 47.6 Å². The highest BCUT2D eigenvalue weighted by Crippen LogP contribution is 2.33. The average Bonchev–Trinajstić information content (AvgIpc) is 3.69. The fourth-order valence-electron chi connectivity index (χ4n) is 5.75. The van der Waals surface area contributed by atoms with E-state index in [1.807, 2.05) is 48.5 Å². The van der Waals surface area contributed by atoms with E-state index in [1.54, 1.807) is 17.3 Å². The van der Waals surface area contributed by atoms with E-state index in [0.29, 0.717) is 36.0 Å². The summed E-state index contributed by atoms with van der Waals surface area (Å²) in [6.45, 7) is 0.619. The van der Waals surface area contributed by atoms with Crippen molar-refractivity contribution in [2.45, 2.75) is 57.0 Å². The molecule has 2 aliphatic carbocycles. The minimum Gasteiger partial charge on any atom is -0.368 e. The molecule has 2 amide bonds. The number of primary amides is 1. The number of aromatic nitrogens is 6. The lowest BCUT2D eigenvalue weighted by molar-refractivity contribution is -0.127. The molecule has 0 bridgehead atoms. The number of nitrogens with one attached hydrogen (secondary N) is 2. The predicted octanol–water partition coefficient (Wildman–Crippen LogP) is 3.51. The summed E-state index contributed by atoms with van der Waals surface area (Å²) < 4.78 is 0. The van der Waals surface area contributed by atoms with E-state index < -0.39 is 11.9 Å². The monoisotopic (exact) mass is 616 g/mol. The molecular formula is C31H37ClN10O2. The molecule has 2 fully saturated rings. The number of nitrogens with two attached hydrogens (primary N) is 2. The molecule has 4 aromatic rings. The molecule has 0 unspecified atom stereocenters. The van der Waals surface area contributed by atoms with Crippen molar-refractivity contribution in [3.8, 4) is 22.5 Å². The summed E-state index contributed by atoms with van der Waals surface area (Å²) in [6, 6.07) is 14.7. The first-order valence-electron chi connectivity index (χ1n) is 14.8. The van der Waals surface area contributed by atoms with Gasteiger partial charge in [0.2, 0.25) is 17.8 Å². The van der Waals surface area contributed by atoms with E-state index in [9.17, 15) is 9.59 Å². The zero-order valence-corrected chi connectivity index (χ0v) is 25.1. The largest absolute Gasteiger partial charge is 0.368 e. The standard InChI is InChI=1S/C31H36N10O2.ClH/c32-16-19-4-6-22(7-5-19)30(43)41(26-12-8-21(9-13-26)29-37-39-40-38-29)27(28(33)42)15-20-2-1-3-23(14-20)24-17-34-31(35-18-24)36-25-10-11-25;/h1-3,8-9,12-14,17-19,22,25,27H,4-7,10-11,15-16,32H2,(H2,33,42)(H,34,35,36)(H,37,38,39,40);1H/t19-,22-,27-;/m0./s1. The van der Waals surface area contributed by atoms with Crippen LogP contribution in [0.15, 0.2) is 60.9 Å². The van der Waals surface area contributed by atoms with Crippen molar-refractivity contribution in [1.82, 2.24) is 30.6 Å². The van der Waals surface area contributed by atoms with Gasteiger partial charge in [-0.1, -0.05) is 24.3 Å². The SMILES string of the molecule is Cl.NC[C@H]1CC[C@H](C(=O)N(c2ccc(-c3nnn[nH]3)cc2)[C@@H](Cc2cccc(-c3cnc(NC4CC4)nc3)c2)C(N)=O)CC1. The zero-order chi connectivity index (χ0) is 29.8. The van der Waals surface area contributed by atoms with Crippen LogP contribution in [-0.2, 0) is 16.0 Å². The molecule has 6 N–H and O–H groups in total. The molecule has 12 nitrogen and oxygen atoms in total. The highest BCUT2D eigenvalue weighted by molar-refractivity contribution is 6.01. The predicted molar refractivity (Wildman–Crippen MR) is 170 cm³/mol. The maximum absolute atomic E-state index is 14.2. The van der Waals surface area contributed by atoms with Crippen molar-refractivity contribution in [2.75, 3.05) is 16.8 Å². The van der Waals surface area contributed by atoms with E-state index in [1.165, 1.54) is 0 Å². The molecule has 2 aromatic carbocycles. The fourth-order valence-corrected chi connectivity index (χ4v) is 5.75. The zero-order valence-electron chi connectivity index (χ0n) is 24.3. The van der Waals surface area contributed by atoms with Crippen LogP contribution in [-0.4, -0.2) is 61.0 Å². The van der Waals surface area contributed by atoms with Gasteiger partial charge in [-0.2, -0.15) is 0 Å². The second kappa shape index (κ2) is 13.9. The Bertz CT molecular complexity index is 1540. The minimum atomic E-state index is -0.894. The van der Waals surface area contributed by atoms with Crippen molar-refractivity contribution < 1.29 is 9.59 Å². The van der Waals surface area contributed by atoms with E-state index in [2.05, 4.69) is 35.9 Å². The minimum absolute atomic E-state index is 0. The van der Waals surface area contributed by atoms with Crippen molar-refractivity contribution in [3.05, 3.63) is 66.5 Å². The first-order valence-corrected chi connectivity index (χ1v) is 14.8. The van der Waals surface area contributed by atoms with E-state index in [0.717, 1.165) is 60.8 Å². The Morgan fingerprint density at radius 1 is 0.955 bits per heavy atom. The maximum Gasteiger partial charge on any atom is 0.240 e. The van der Waals surface area contributed by atoms with Crippen LogP contribution in [0.4, 0.5) is 11.6 Å². The van der Waals surface area contributed by atoms with Crippen LogP contribution < -0.4 is 21.7 Å². The number of anilines is 2. The van der Waals surface area contributed by atoms with Gasteiger partial charge in [-0.15, -0.1) is 17.5 Å². The number of tetrazole rings is 1. The molecule has 2 heterocycles. The third-order valence-corrected chi connectivity index (χ3v) is 8.42. The molecule has 6 rings (SSSR count). The van der Waals surface area contributed by atoms with Crippen LogP contribution >= 0.6 is 12.4 Å². The summed E-state index contributed by atoms with van der Waals surface area (Å²) in [5, 5.41) is 17.3. The summed E-state index contributed by atoms with van der Waals surface area (Å²) in [5.41, 5.74) is 15.9. The van der Waals surface area contributed by atoms with Crippen LogP contribution in [0.3, 0.4) is 0 Å². The van der Waals surface area contributed by atoms with Gasteiger partial charge in [-0.05, 0) is 96.8 Å². The summed E-state index contributed by atoms with van der Waals surface area (Å²) in [4.78, 5) is 37.8. The van der Waals surface area contributed by atoms with Crippen LogP contribution in [0, 0.1) is 11.8 Å². The third kappa shape index (κ3) is 7.20. The number of halogens is 1. The van der Waals surface area contributed by atoms with Crippen molar-refractivity contribution >= 4 is 35.9 Å². The number of hydrogen-bond donors (Lipinski definition) is 4.